The number of benzene rings is 2. The molecule has 0 unspecified atom stereocenters. The molecule has 0 radical (unpaired) electrons. The van der Waals surface area contributed by atoms with Gasteiger partial charge in [0.2, 0.25) is 0 Å². The standard InChI is InChI=1S/C15H14Cl2N2O3/c1-9-6-11(20)3-4-13(9)19-15(21)18-8-22-14-5-2-10(16)7-12(14)17/h2-7,20H,8H2,1H3,(H2,18,19,21). The lowest BCUT2D eigenvalue weighted by Crippen LogP contribution is -2.32. The number of halogens is 2. The third-order valence-electron chi connectivity index (χ3n) is 2.81. The topological polar surface area (TPSA) is 70.6 Å². The van der Waals surface area contributed by atoms with Gasteiger partial charge in [0.05, 0.1) is 5.02 Å². The lowest BCUT2D eigenvalue weighted by Gasteiger charge is -2.12. The Hall–Kier alpha value is -2.11. The Kier molecular flexibility index (Phi) is 5.35. The maximum Gasteiger partial charge on any atom is 0.321 e. The van der Waals surface area contributed by atoms with E-state index in [-0.39, 0.29) is 12.5 Å². The van der Waals surface area contributed by atoms with Crippen molar-refractivity contribution in [3.8, 4) is 11.5 Å². The molecule has 0 saturated heterocycles. The molecule has 0 heterocycles. The Morgan fingerprint density at radius 2 is 2.00 bits per heavy atom. The van der Waals surface area contributed by atoms with Crippen LogP contribution < -0.4 is 15.4 Å². The first kappa shape index (κ1) is 16.3. The molecule has 0 aromatic heterocycles. The lowest BCUT2D eigenvalue weighted by molar-refractivity contribution is 0.234. The molecule has 0 bridgehead atoms. The molecule has 2 aromatic carbocycles. The fourth-order valence-electron chi connectivity index (χ4n) is 1.73. The Morgan fingerprint density at radius 1 is 1.23 bits per heavy atom. The summed E-state index contributed by atoms with van der Waals surface area (Å²) in [4.78, 5) is 11.8. The summed E-state index contributed by atoms with van der Waals surface area (Å²) in [6.45, 7) is 1.73. The van der Waals surface area contributed by atoms with Crippen LogP contribution in [-0.2, 0) is 0 Å². The molecule has 22 heavy (non-hydrogen) atoms. The number of phenolic OH excluding ortho intramolecular Hbond substituents is 1. The maximum atomic E-state index is 11.8. The van der Waals surface area contributed by atoms with E-state index in [0.29, 0.717) is 21.5 Å². The van der Waals surface area contributed by atoms with Crippen molar-refractivity contribution in [3.05, 3.63) is 52.0 Å². The smallest absolute Gasteiger partial charge is 0.321 e. The Bertz CT molecular complexity index is 692. The molecule has 2 amide bonds. The van der Waals surface area contributed by atoms with Crippen molar-refractivity contribution in [2.45, 2.75) is 6.92 Å². The van der Waals surface area contributed by atoms with Gasteiger partial charge in [-0.3, -0.25) is 0 Å². The van der Waals surface area contributed by atoms with Crippen LogP contribution in [0, 0.1) is 6.92 Å². The monoisotopic (exact) mass is 340 g/mol. The zero-order valence-electron chi connectivity index (χ0n) is 11.7. The van der Waals surface area contributed by atoms with E-state index in [9.17, 15) is 9.90 Å². The highest BCUT2D eigenvalue weighted by Crippen LogP contribution is 2.27. The second kappa shape index (κ2) is 7.24. The molecule has 0 saturated carbocycles. The van der Waals surface area contributed by atoms with Gasteiger partial charge in [-0.05, 0) is 48.9 Å². The van der Waals surface area contributed by atoms with Crippen molar-refractivity contribution in [2.24, 2.45) is 0 Å². The van der Waals surface area contributed by atoms with Crippen LogP contribution in [0.15, 0.2) is 36.4 Å². The molecule has 3 N–H and O–H groups in total. The first-order valence-corrected chi connectivity index (χ1v) is 7.13. The summed E-state index contributed by atoms with van der Waals surface area (Å²) in [6.07, 6.45) is 0. The van der Waals surface area contributed by atoms with Crippen LogP contribution in [0.4, 0.5) is 10.5 Å². The van der Waals surface area contributed by atoms with E-state index in [1.54, 1.807) is 37.3 Å². The van der Waals surface area contributed by atoms with Crippen LogP contribution in [0.2, 0.25) is 10.0 Å². The SMILES string of the molecule is Cc1cc(O)ccc1NC(=O)NCOc1ccc(Cl)cc1Cl. The Labute approximate surface area is 137 Å². The average molecular weight is 341 g/mol. The fraction of sp³-hybridized carbons (Fsp3) is 0.133. The quantitative estimate of drug-likeness (QED) is 0.577. The second-order valence-corrected chi connectivity index (χ2v) is 5.34. The van der Waals surface area contributed by atoms with E-state index in [1.807, 2.05) is 0 Å². The molecule has 0 aliphatic rings. The van der Waals surface area contributed by atoms with Gasteiger partial charge in [0.25, 0.3) is 0 Å². The van der Waals surface area contributed by atoms with Gasteiger partial charge in [-0.1, -0.05) is 23.2 Å². The van der Waals surface area contributed by atoms with Gasteiger partial charge < -0.3 is 20.5 Å². The number of phenols is 1. The van der Waals surface area contributed by atoms with Gasteiger partial charge in [0, 0.05) is 10.7 Å². The minimum atomic E-state index is -0.432. The molecule has 0 fully saturated rings. The summed E-state index contributed by atoms with van der Waals surface area (Å²) in [5.74, 6) is 0.566. The van der Waals surface area contributed by atoms with Crippen LogP contribution in [0.5, 0.6) is 11.5 Å². The minimum absolute atomic E-state index is 0.0513. The predicted octanol–water partition coefficient (Wildman–Crippen LogP) is 4.17. The molecule has 0 atom stereocenters. The zero-order valence-corrected chi connectivity index (χ0v) is 13.2. The lowest BCUT2D eigenvalue weighted by atomic mass is 10.2. The van der Waals surface area contributed by atoms with Gasteiger partial charge in [-0.15, -0.1) is 0 Å². The number of rotatable bonds is 4. The van der Waals surface area contributed by atoms with Crippen LogP contribution >= 0.6 is 23.2 Å². The summed E-state index contributed by atoms with van der Waals surface area (Å²) in [6, 6.07) is 9.04. The zero-order chi connectivity index (χ0) is 16.1. The van der Waals surface area contributed by atoms with Crippen LogP contribution in [0.25, 0.3) is 0 Å². The molecule has 2 rings (SSSR count). The summed E-state index contributed by atoms with van der Waals surface area (Å²) in [5.41, 5.74) is 1.34. The van der Waals surface area contributed by atoms with Crippen molar-refractivity contribution < 1.29 is 14.6 Å². The molecular weight excluding hydrogens is 327 g/mol. The number of ether oxygens (including phenoxy) is 1. The number of aromatic hydroxyl groups is 1. The molecule has 0 aliphatic heterocycles. The number of nitrogens with one attached hydrogen (secondary N) is 2. The van der Waals surface area contributed by atoms with Crippen molar-refractivity contribution in [2.75, 3.05) is 12.0 Å². The maximum absolute atomic E-state index is 11.8. The normalized spacial score (nSPS) is 10.1. The van der Waals surface area contributed by atoms with E-state index >= 15 is 0 Å². The predicted molar refractivity (Wildman–Crippen MR) is 87.0 cm³/mol. The van der Waals surface area contributed by atoms with E-state index < -0.39 is 6.03 Å². The Balaban J connectivity index is 1.85. The molecule has 0 spiro atoms. The second-order valence-electron chi connectivity index (χ2n) is 4.49. The largest absolute Gasteiger partial charge is 0.508 e. The number of hydrogen-bond donors (Lipinski definition) is 3. The molecular formula is C15H14Cl2N2O3. The third kappa shape index (κ3) is 4.44. The third-order valence-corrected chi connectivity index (χ3v) is 3.34. The summed E-state index contributed by atoms with van der Waals surface area (Å²) in [5, 5.41) is 15.4. The number of amides is 2. The van der Waals surface area contributed by atoms with Gasteiger partial charge in [0.1, 0.15) is 11.5 Å². The number of urea groups is 1. The number of anilines is 1. The van der Waals surface area contributed by atoms with Crippen LogP contribution in [0.1, 0.15) is 5.56 Å². The number of carbonyl (C=O) groups excluding carboxylic acids is 1. The highest BCUT2D eigenvalue weighted by atomic mass is 35.5. The molecule has 0 aliphatic carbocycles. The molecule has 5 nitrogen and oxygen atoms in total. The highest BCUT2D eigenvalue weighted by molar-refractivity contribution is 6.35. The summed E-state index contributed by atoms with van der Waals surface area (Å²) >= 11 is 11.7. The fourth-order valence-corrected chi connectivity index (χ4v) is 2.19. The first-order chi connectivity index (χ1) is 10.5. The number of aryl methyl sites for hydroxylation is 1. The Morgan fingerprint density at radius 3 is 2.68 bits per heavy atom. The van der Waals surface area contributed by atoms with E-state index in [2.05, 4.69) is 10.6 Å². The number of hydrogen-bond acceptors (Lipinski definition) is 3. The van der Waals surface area contributed by atoms with Crippen molar-refractivity contribution in [3.63, 3.8) is 0 Å². The highest BCUT2D eigenvalue weighted by Gasteiger charge is 2.06. The summed E-state index contributed by atoms with van der Waals surface area (Å²) in [7, 11) is 0. The van der Waals surface area contributed by atoms with Gasteiger partial charge >= 0.3 is 6.03 Å². The number of carbonyl (C=O) groups is 1. The van der Waals surface area contributed by atoms with E-state index in [0.717, 1.165) is 5.56 Å². The minimum Gasteiger partial charge on any atom is -0.508 e. The van der Waals surface area contributed by atoms with Gasteiger partial charge in [-0.25, -0.2) is 4.79 Å². The van der Waals surface area contributed by atoms with E-state index in [1.165, 1.54) is 6.07 Å². The van der Waals surface area contributed by atoms with Crippen molar-refractivity contribution >= 4 is 34.9 Å². The first-order valence-electron chi connectivity index (χ1n) is 6.38. The van der Waals surface area contributed by atoms with Crippen LogP contribution in [0.3, 0.4) is 0 Å². The van der Waals surface area contributed by atoms with Crippen molar-refractivity contribution in [1.82, 2.24) is 5.32 Å². The van der Waals surface area contributed by atoms with E-state index in [4.69, 9.17) is 27.9 Å². The van der Waals surface area contributed by atoms with Gasteiger partial charge in [-0.2, -0.15) is 0 Å². The average Bonchev–Trinajstić information content (AvgIpc) is 2.44. The van der Waals surface area contributed by atoms with Crippen molar-refractivity contribution in [1.29, 1.82) is 0 Å². The van der Waals surface area contributed by atoms with Gasteiger partial charge in [0.15, 0.2) is 6.73 Å². The van der Waals surface area contributed by atoms with Crippen LogP contribution in [-0.4, -0.2) is 17.9 Å². The summed E-state index contributed by atoms with van der Waals surface area (Å²) < 4.78 is 5.35. The molecule has 7 heteroatoms. The molecule has 2 aromatic rings. The molecule has 116 valence electrons.